The molecule has 1 rings (SSSR count). The number of carbonyl (C=O) groups excluding carboxylic acids is 1. The predicted octanol–water partition coefficient (Wildman–Crippen LogP) is 1.88. The summed E-state index contributed by atoms with van der Waals surface area (Å²) in [7, 11) is 0. The quantitative estimate of drug-likeness (QED) is 0.640. The third kappa shape index (κ3) is 4.26. The molecule has 0 spiro atoms. The lowest BCUT2D eigenvalue weighted by Gasteiger charge is -2.41. The molecule has 0 bridgehead atoms. The summed E-state index contributed by atoms with van der Waals surface area (Å²) in [5, 5.41) is 32.6. The summed E-state index contributed by atoms with van der Waals surface area (Å²) in [5.74, 6) is -0.600. The first-order valence-electron chi connectivity index (χ1n) is 8.22. The zero-order valence-corrected chi connectivity index (χ0v) is 14.7. The van der Waals surface area contributed by atoms with Crippen molar-refractivity contribution < 1.29 is 19.8 Å². The van der Waals surface area contributed by atoms with Crippen molar-refractivity contribution in [3.63, 3.8) is 0 Å². The monoisotopic (exact) mass is 337 g/mol. The van der Waals surface area contributed by atoms with Crippen LogP contribution in [-0.2, 0) is 4.79 Å². The zero-order valence-electron chi connectivity index (χ0n) is 14.7. The van der Waals surface area contributed by atoms with Crippen LogP contribution in [0.25, 0.3) is 0 Å². The van der Waals surface area contributed by atoms with Gasteiger partial charge in [0.15, 0.2) is 0 Å². The van der Waals surface area contributed by atoms with Crippen LogP contribution in [0.4, 0.5) is 4.79 Å². The Bertz CT molecular complexity index is 538. The van der Waals surface area contributed by atoms with Crippen molar-refractivity contribution >= 4 is 12.0 Å². The molecule has 1 fully saturated rings. The Morgan fingerprint density at radius 1 is 1.54 bits per heavy atom. The van der Waals surface area contributed by atoms with Crippen molar-refractivity contribution in [1.29, 1.82) is 5.26 Å². The predicted molar refractivity (Wildman–Crippen MR) is 89.1 cm³/mol. The van der Waals surface area contributed by atoms with Crippen molar-refractivity contribution in [2.45, 2.75) is 70.7 Å². The number of nitrogens with zero attached hydrogens (tertiary/aromatic N) is 2. The highest BCUT2D eigenvalue weighted by Crippen LogP contribution is 2.37. The van der Waals surface area contributed by atoms with Gasteiger partial charge in [0.2, 0.25) is 5.91 Å². The number of rotatable bonds is 6. The van der Waals surface area contributed by atoms with Crippen molar-refractivity contribution in [2.24, 2.45) is 5.92 Å². The maximum atomic E-state index is 11.8. The number of carbonyl (C=O) groups is 2. The average molecular weight is 337 g/mol. The van der Waals surface area contributed by atoms with Crippen LogP contribution in [0.1, 0.15) is 47.0 Å². The molecule has 0 aromatic rings. The van der Waals surface area contributed by atoms with Crippen LogP contribution in [-0.4, -0.2) is 50.8 Å². The number of amides is 2. The van der Waals surface area contributed by atoms with Gasteiger partial charge in [-0.1, -0.05) is 25.5 Å². The molecular weight excluding hydrogens is 310 g/mol. The van der Waals surface area contributed by atoms with E-state index in [0.717, 1.165) is 4.90 Å². The molecule has 1 heterocycles. The molecule has 0 aromatic carbocycles. The topological polar surface area (TPSA) is 114 Å². The maximum absolute atomic E-state index is 11.8. The summed E-state index contributed by atoms with van der Waals surface area (Å²) in [6.45, 7) is 6.66. The Balaban J connectivity index is 3.38. The molecule has 1 aliphatic rings. The van der Waals surface area contributed by atoms with Gasteiger partial charge in [-0.15, -0.1) is 0 Å². The van der Waals surface area contributed by atoms with Crippen molar-refractivity contribution in [1.82, 2.24) is 10.2 Å². The third-order valence-electron chi connectivity index (χ3n) is 4.53. The lowest BCUT2D eigenvalue weighted by molar-refractivity contribution is -0.123. The molecule has 24 heavy (non-hydrogen) atoms. The Kier molecular flexibility index (Phi) is 6.79. The molecular formula is C17H27N3O4. The zero-order chi connectivity index (χ0) is 18.5. The van der Waals surface area contributed by atoms with Crippen LogP contribution in [0.3, 0.4) is 0 Å². The largest absolute Gasteiger partial charge is 0.465 e. The van der Waals surface area contributed by atoms with Gasteiger partial charge in [0.1, 0.15) is 6.04 Å². The van der Waals surface area contributed by atoms with Crippen LogP contribution < -0.4 is 5.32 Å². The van der Waals surface area contributed by atoms with E-state index in [1.165, 1.54) is 6.92 Å². The highest BCUT2D eigenvalue weighted by Gasteiger charge is 2.51. The summed E-state index contributed by atoms with van der Waals surface area (Å²) in [5.41, 5.74) is -1.29. The van der Waals surface area contributed by atoms with E-state index >= 15 is 0 Å². The second kappa shape index (κ2) is 8.15. The van der Waals surface area contributed by atoms with Gasteiger partial charge in [-0.05, 0) is 26.7 Å². The normalized spacial score (nSPS) is 27.5. The minimum absolute atomic E-state index is 0.254. The molecule has 134 valence electrons. The minimum atomic E-state index is -1.29. The van der Waals surface area contributed by atoms with E-state index in [0.29, 0.717) is 19.3 Å². The third-order valence-corrected chi connectivity index (χ3v) is 4.53. The Labute approximate surface area is 142 Å². The molecule has 2 amide bonds. The number of hydrogen-bond acceptors (Lipinski definition) is 4. The first kappa shape index (κ1) is 20.0. The van der Waals surface area contributed by atoms with Gasteiger partial charge in [-0.25, -0.2) is 4.79 Å². The molecule has 1 saturated heterocycles. The van der Waals surface area contributed by atoms with E-state index in [1.807, 2.05) is 26.0 Å². The summed E-state index contributed by atoms with van der Waals surface area (Å²) in [6.07, 6.45) is 3.85. The molecule has 0 radical (unpaired) electrons. The van der Waals surface area contributed by atoms with Crippen LogP contribution in [0, 0.1) is 17.2 Å². The van der Waals surface area contributed by atoms with E-state index in [-0.39, 0.29) is 11.8 Å². The van der Waals surface area contributed by atoms with Gasteiger partial charge in [0.25, 0.3) is 0 Å². The fourth-order valence-electron chi connectivity index (χ4n) is 3.64. The van der Waals surface area contributed by atoms with Crippen LogP contribution in [0.15, 0.2) is 12.2 Å². The fraction of sp³-hybridized carbons (Fsp3) is 0.706. The van der Waals surface area contributed by atoms with Crippen molar-refractivity contribution in [3.05, 3.63) is 12.2 Å². The van der Waals surface area contributed by atoms with Crippen molar-refractivity contribution in [2.75, 3.05) is 0 Å². The number of nitriles is 1. The van der Waals surface area contributed by atoms with E-state index < -0.39 is 29.8 Å². The lowest BCUT2D eigenvalue weighted by atomic mass is 9.81. The highest BCUT2D eigenvalue weighted by molar-refractivity contribution is 5.74. The van der Waals surface area contributed by atoms with Gasteiger partial charge in [-0.2, -0.15) is 5.26 Å². The molecule has 0 unspecified atom stereocenters. The molecule has 3 N–H and O–H groups in total. The minimum Gasteiger partial charge on any atom is -0.465 e. The number of aliphatic hydroxyl groups is 1. The van der Waals surface area contributed by atoms with Gasteiger partial charge in [0.05, 0.1) is 23.8 Å². The summed E-state index contributed by atoms with van der Waals surface area (Å²) < 4.78 is 0. The van der Waals surface area contributed by atoms with E-state index in [1.54, 1.807) is 13.0 Å². The van der Waals surface area contributed by atoms with Crippen LogP contribution >= 0.6 is 0 Å². The fourth-order valence-corrected chi connectivity index (χ4v) is 3.64. The van der Waals surface area contributed by atoms with Crippen LogP contribution in [0.2, 0.25) is 0 Å². The molecule has 0 saturated carbocycles. The molecule has 7 heteroatoms. The molecule has 7 nitrogen and oxygen atoms in total. The number of likely N-dealkylation sites (tertiary alicyclic amines) is 1. The SMILES string of the molecule is C/C=C\[C@@H]1C[C@H](C#N)N(C(=O)O)[C@H]1[C@@H](NC(C)=O)[C@@](C)(O)CCC. The van der Waals surface area contributed by atoms with E-state index in [2.05, 4.69) is 5.32 Å². The number of carboxylic acid groups (broad SMARTS) is 1. The highest BCUT2D eigenvalue weighted by atomic mass is 16.4. The Morgan fingerprint density at radius 3 is 2.58 bits per heavy atom. The van der Waals surface area contributed by atoms with Crippen molar-refractivity contribution in [3.8, 4) is 6.07 Å². The summed E-state index contributed by atoms with van der Waals surface area (Å²) in [6, 6.07) is -0.282. The Morgan fingerprint density at radius 2 is 2.17 bits per heavy atom. The van der Waals surface area contributed by atoms with Gasteiger partial charge in [-0.3, -0.25) is 9.69 Å². The van der Waals surface area contributed by atoms with Crippen LogP contribution in [0.5, 0.6) is 0 Å². The second-order valence-corrected chi connectivity index (χ2v) is 6.54. The first-order valence-corrected chi connectivity index (χ1v) is 8.22. The lowest BCUT2D eigenvalue weighted by Crippen LogP contribution is -2.62. The smallest absolute Gasteiger partial charge is 0.408 e. The summed E-state index contributed by atoms with van der Waals surface area (Å²) in [4.78, 5) is 24.5. The Hall–Kier alpha value is -2.07. The standard InChI is InChI=1S/C17H27N3O4/c1-5-7-12-9-13(10-18)20(16(22)23)14(12)15(19-11(3)21)17(4,24)8-6-2/h5,7,12-15,24H,6,8-9H2,1-4H3,(H,19,21)(H,22,23)/b7-5-/t12-,13-,14-,15-,17+/m1/s1. The average Bonchev–Trinajstić information content (AvgIpc) is 2.83. The number of allylic oxidation sites excluding steroid dienone is 1. The number of hydrogen-bond donors (Lipinski definition) is 3. The molecule has 5 atom stereocenters. The number of nitrogens with one attached hydrogen (secondary N) is 1. The van der Waals surface area contributed by atoms with Gasteiger partial charge >= 0.3 is 6.09 Å². The molecule has 1 aliphatic heterocycles. The van der Waals surface area contributed by atoms with E-state index in [9.17, 15) is 25.1 Å². The van der Waals surface area contributed by atoms with Gasteiger partial charge < -0.3 is 15.5 Å². The second-order valence-electron chi connectivity index (χ2n) is 6.54. The summed E-state index contributed by atoms with van der Waals surface area (Å²) >= 11 is 0. The van der Waals surface area contributed by atoms with E-state index in [4.69, 9.17) is 0 Å². The molecule has 0 aliphatic carbocycles. The molecule has 0 aromatic heterocycles. The van der Waals surface area contributed by atoms with Gasteiger partial charge in [0, 0.05) is 12.8 Å². The first-order chi connectivity index (χ1) is 11.2. The maximum Gasteiger partial charge on any atom is 0.408 e.